The molecule has 3 atom stereocenters. The number of rotatable bonds is 3. The van der Waals surface area contributed by atoms with Gasteiger partial charge in [0.15, 0.2) is 0 Å². The van der Waals surface area contributed by atoms with Crippen molar-refractivity contribution in [3.8, 4) is 0 Å². The van der Waals surface area contributed by atoms with E-state index < -0.39 is 0 Å². The molecule has 1 N–H and O–H groups in total. The Morgan fingerprint density at radius 2 is 1.95 bits per heavy atom. The van der Waals surface area contributed by atoms with Gasteiger partial charge >= 0.3 is 0 Å². The van der Waals surface area contributed by atoms with Gasteiger partial charge in [-0.2, -0.15) is 0 Å². The fraction of sp³-hybridized carbons (Fsp3) is 0.600. The number of nitrogens with zero attached hydrogens (tertiary/aromatic N) is 1. The standard InChI is InChI=1S/C15H23FN2O/c1-10-8-18(9-11(2)19-10)15-6-5-13(16)7-14(15)12(3)17-4/h5-7,10-12,17H,8-9H2,1-4H3/t10-,11+,12?. The normalized spacial score (nSPS) is 25.4. The maximum Gasteiger partial charge on any atom is 0.123 e. The van der Waals surface area contributed by atoms with Crippen molar-refractivity contribution in [2.24, 2.45) is 0 Å². The molecular formula is C15H23FN2O. The van der Waals surface area contributed by atoms with Crippen LogP contribution < -0.4 is 10.2 Å². The zero-order chi connectivity index (χ0) is 14.0. The summed E-state index contributed by atoms with van der Waals surface area (Å²) in [5.41, 5.74) is 2.11. The number of nitrogens with one attached hydrogen (secondary N) is 1. The molecule has 1 heterocycles. The molecule has 3 nitrogen and oxygen atoms in total. The van der Waals surface area contributed by atoms with Crippen molar-refractivity contribution in [3.63, 3.8) is 0 Å². The lowest BCUT2D eigenvalue weighted by atomic mass is 10.0. The summed E-state index contributed by atoms with van der Waals surface area (Å²) in [4.78, 5) is 2.29. The summed E-state index contributed by atoms with van der Waals surface area (Å²) in [5, 5.41) is 3.19. The topological polar surface area (TPSA) is 24.5 Å². The smallest absolute Gasteiger partial charge is 0.123 e. The lowest BCUT2D eigenvalue weighted by Crippen LogP contribution is -2.46. The highest BCUT2D eigenvalue weighted by molar-refractivity contribution is 5.55. The zero-order valence-electron chi connectivity index (χ0n) is 12.1. The molecule has 1 unspecified atom stereocenters. The van der Waals surface area contributed by atoms with Crippen LogP contribution in [-0.2, 0) is 4.74 Å². The molecule has 1 saturated heterocycles. The van der Waals surface area contributed by atoms with Crippen LogP contribution in [-0.4, -0.2) is 32.3 Å². The second-order valence-electron chi connectivity index (χ2n) is 5.38. The van der Waals surface area contributed by atoms with Gasteiger partial charge in [-0.1, -0.05) is 0 Å². The minimum Gasteiger partial charge on any atom is -0.372 e. The van der Waals surface area contributed by atoms with E-state index in [1.165, 1.54) is 6.07 Å². The van der Waals surface area contributed by atoms with Crippen LogP contribution in [0.1, 0.15) is 32.4 Å². The summed E-state index contributed by atoms with van der Waals surface area (Å²) < 4.78 is 19.3. The van der Waals surface area contributed by atoms with Crippen molar-refractivity contribution in [2.75, 3.05) is 25.0 Å². The van der Waals surface area contributed by atoms with Crippen LogP contribution in [0, 0.1) is 5.82 Å². The highest BCUT2D eigenvalue weighted by Gasteiger charge is 2.25. The first-order valence-electron chi connectivity index (χ1n) is 6.88. The summed E-state index contributed by atoms with van der Waals surface area (Å²) in [5.74, 6) is -0.185. The summed E-state index contributed by atoms with van der Waals surface area (Å²) in [7, 11) is 1.89. The Balaban J connectivity index is 2.32. The number of halogens is 1. The van der Waals surface area contributed by atoms with E-state index in [1.807, 2.05) is 20.0 Å². The van der Waals surface area contributed by atoms with Crippen molar-refractivity contribution >= 4 is 5.69 Å². The Labute approximate surface area is 114 Å². The molecule has 106 valence electrons. The number of hydrogen-bond acceptors (Lipinski definition) is 3. The van der Waals surface area contributed by atoms with Gasteiger partial charge in [0.05, 0.1) is 12.2 Å². The number of hydrogen-bond donors (Lipinski definition) is 1. The Kier molecular flexibility index (Phi) is 4.42. The van der Waals surface area contributed by atoms with Crippen molar-refractivity contribution < 1.29 is 9.13 Å². The minimum atomic E-state index is -0.185. The lowest BCUT2D eigenvalue weighted by Gasteiger charge is -2.38. The summed E-state index contributed by atoms with van der Waals surface area (Å²) in [6.07, 6.45) is 0.401. The molecule has 1 aromatic carbocycles. The molecule has 1 aliphatic heterocycles. The van der Waals surface area contributed by atoms with Gasteiger partial charge in [-0.15, -0.1) is 0 Å². The molecular weight excluding hydrogens is 243 g/mol. The van der Waals surface area contributed by atoms with Gasteiger partial charge in [-0.3, -0.25) is 0 Å². The maximum atomic E-state index is 13.5. The number of benzene rings is 1. The molecule has 2 rings (SSSR count). The van der Waals surface area contributed by atoms with Crippen LogP contribution in [0.15, 0.2) is 18.2 Å². The van der Waals surface area contributed by atoms with Crippen LogP contribution in [0.4, 0.5) is 10.1 Å². The molecule has 4 heteroatoms. The predicted molar refractivity (Wildman–Crippen MR) is 76.1 cm³/mol. The third kappa shape index (κ3) is 3.25. The SMILES string of the molecule is CNC(C)c1cc(F)ccc1N1C[C@@H](C)O[C@@H](C)C1. The quantitative estimate of drug-likeness (QED) is 0.910. The Morgan fingerprint density at radius 3 is 2.53 bits per heavy atom. The fourth-order valence-corrected chi connectivity index (χ4v) is 2.69. The molecule has 0 saturated carbocycles. The van der Waals surface area contributed by atoms with E-state index >= 15 is 0 Å². The van der Waals surface area contributed by atoms with Gasteiger partial charge in [0.2, 0.25) is 0 Å². The van der Waals surface area contributed by atoms with Crippen LogP contribution in [0.2, 0.25) is 0 Å². The molecule has 0 radical (unpaired) electrons. The highest BCUT2D eigenvalue weighted by Crippen LogP contribution is 2.29. The third-order valence-electron chi connectivity index (χ3n) is 3.65. The van der Waals surface area contributed by atoms with Gasteiger partial charge < -0.3 is 15.0 Å². The van der Waals surface area contributed by atoms with E-state index in [9.17, 15) is 4.39 Å². The maximum absolute atomic E-state index is 13.5. The van der Waals surface area contributed by atoms with Gasteiger partial charge in [-0.05, 0) is 51.6 Å². The Morgan fingerprint density at radius 1 is 1.32 bits per heavy atom. The lowest BCUT2D eigenvalue weighted by molar-refractivity contribution is -0.00528. The second-order valence-corrected chi connectivity index (χ2v) is 5.38. The Hall–Kier alpha value is -1.13. The van der Waals surface area contributed by atoms with Crippen LogP contribution in [0.5, 0.6) is 0 Å². The van der Waals surface area contributed by atoms with Crippen LogP contribution in [0.3, 0.4) is 0 Å². The monoisotopic (exact) mass is 266 g/mol. The average Bonchev–Trinajstić information content (AvgIpc) is 2.36. The van der Waals surface area contributed by atoms with Crippen molar-refractivity contribution in [1.82, 2.24) is 5.32 Å². The molecule has 0 amide bonds. The molecule has 0 bridgehead atoms. The van der Waals surface area contributed by atoms with Gasteiger partial charge in [0.25, 0.3) is 0 Å². The summed E-state index contributed by atoms with van der Waals surface area (Å²) >= 11 is 0. The molecule has 1 fully saturated rings. The molecule has 0 aliphatic carbocycles. The molecule has 0 aromatic heterocycles. The number of ether oxygens (including phenoxy) is 1. The first kappa shape index (κ1) is 14.3. The van der Waals surface area contributed by atoms with E-state index in [0.717, 1.165) is 24.3 Å². The van der Waals surface area contributed by atoms with Crippen molar-refractivity contribution in [1.29, 1.82) is 0 Å². The average molecular weight is 266 g/mol. The van der Waals surface area contributed by atoms with Gasteiger partial charge in [-0.25, -0.2) is 4.39 Å². The second kappa shape index (κ2) is 5.88. The summed E-state index contributed by atoms with van der Waals surface area (Å²) in [6.45, 7) is 7.89. The van der Waals surface area contributed by atoms with E-state index in [1.54, 1.807) is 6.07 Å². The van der Waals surface area contributed by atoms with Crippen molar-refractivity contribution in [2.45, 2.75) is 39.0 Å². The third-order valence-corrected chi connectivity index (χ3v) is 3.65. The van der Waals surface area contributed by atoms with Crippen LogP contribution >= 0.6 is 0 Å². The minimum absolute atomic E-state index is 0.124. The highest BCUT2D eigenvalue weighted by atomic mass is 19.1. The number of morpholine rings is 1. The number of anilines is 1. The van der Waals surface area contributed by atoms with E-state index in [0.29, 0.717) is 0 Å². The predicted octanol–water partition coefficient (Wildman–Crippen LogP) is 2.72. The fourth-order valence-electron chi connectivity index (χ4n) is 2.69. The van der Waals surface area contributed by atoms with Gasteiger partial charge in [0.1, 0.15) is 5.82 Å². The molecule has 0 spiro atoms. The zero-order valence-corrected chi connectivity index (χ0v) is 12.1. The molecule has 1 aliphatic rings. The van der Waals surface area contributed by atoms with Crippen LogP contribution in [0.25, 0.3) is 0 Å². The van der Waals surface area contributed by atoms with E-state index in [-0.39, 0.29) is 24.1 Å². The summed E-state index contributed by atoms with van der Waals surface area (Å²) in [6, 6.07) is 5.16. The largest absolute Gasteiger partial charge is 0.372 e. The van der Waals surface area contributed by atoms with E-state index in [2.05, 4.69) is 24.1 Å². The first-order chi connectivity index (χ1) is 9.01. The molecule has 19 heavy (non-hydrogen) atoms. The first-order valence-corrected chi connectivity index (χ1v) is 6.88. The molecule has 1 aromatic rings. The van der Waals surface area contributed by atoms with Gasteiger partial charge in [0, 0.05) is 24.8 Å². The Bertz CT molecular complexity index is 428. The van der Waals surface area contributed by atoms with Crippen molar-refractivity contribution in [3.05, 3.63) is 29.6 Å². The van der Waals surface area contributed by atoms with E-state index in [4.69, 9.17) is 4.74 Å².